The second-order valence-corrected chi connectivity index (χ2v) is 5.27. The zero-order valence-corrected chi connectivity index (χ0v) is 12.5. The van der Waals surface area contributed by atoms with Crippen LogP contribution in [0.5, 0.6) is 0 Å². The molecule has 114 valence electrons. The normalized spacial score (nSPS) is 11.1. The molecule has 0 bridgehead atoms. The Balaban J connectivity index is 1.94. The Hall–Kier alpha value is -2.63. The van der Waals surface area contributed by atoms with E-state index in [4.69, 9.17) is 5.73 Å². The first-order chi connectivity index (χ1) is 10.7. The van der Waals surface area contributed by atoms with E-state index in [0.717, 1.165) is 30.3 Å². The van der Waals surface area contributed by atoms with E-state index in [0.29, 0.717) is 17.9 Å². The van der Waals surface area contributed by atoms with Gasteiger partial charge in [0, 0.05) is 12.7 Å². The van der Waals surface area contributed by atoms with Gasteiger partial charge in [0.15, 0.2) is 11.5 Å². The first-order valence-corrected chi connectivity index (χ1v) is 7.52. The molecule has 6 heteroatoms. The van der Waals surface area contributed by atoms with Crippen molar-refractivity contribution in [3.63, 3.8) is 0 Å². The number of fused-ring (bicyclic) bond motifs is 3. The lowest BCUT2D eigenvalue weighted by Crippen LogP contribution is -2.26. The highest BCUT2D eigenvalue weighted by Gasteiger charge is 2.13. The Kier molecular flexibility index (Phi) is 3.91. The third-order valence-corrected chi connectivity index (χ3v) is 3.62. The van der Waals surface area contributed by atoms with Crippen molar-refractivity contribution in [3.05, 3.63) is 36.2 Å². The van der Waals surface area contributed by atoms with Crippen LogP contribution in [0.4, 0.5) is 5.82 Å². The minimum absolute atomic E-state index is 0.206. The maximum Gasteiger partial charge on any atom is 0.271 e. The summed E-state index contributed by atoms with van der Waals surface area (Å²) in [6, 6.07) is 7.70. The molecule has 22 heavy (non-hydrogen) atoms. The van der Waals surface area contributed by atoms with Gasteiger partial charge in [-0.25, -0.2) is 9.97 Å². The van der Waals surface area contributed by atoms with Crippen LogP contribution in [-0.4, -0.2) is 26.8 Å². The summed E-state index contributed by atoms with van der Waals surface area (Å²) >= 11 is 0. The number of carbonyl (C=O) groups excluding carboxylic acids is 1. The maximum atomic E-state index is 12.2. The van der Waals surface area contributed by atoms with Gasteiger partial charge in [-0.1, -0.05) is 31.9 Å². The number of benzene rings is 1. The van der Waals surface area contributed by atoms with E-state index in [9.17, 15) is 4.79 Å². The van der Waals surface area contributed by atoms with E-state index in [-0.39, 0.29) is 11.7 Å². The highest BCUT2D eigenvalue weighted by Crippen LogP contribution is 2.19. The van der Waals surface area contributed by atoms with Gasteiger partial charge >= 0.3 is 0 Å². The van der Waals surface area contributed by atoms with E-state index in [1.54, 1.807) is 6.20 Å². The number of aromatic nitrogens is 3. The molecule has 1 aromatic carbocycles. The summed E-state index contributed by atoms with van der Waals surface area (Å²) in [5.74, 6) is 0.0555. The summed E-state index contributed by atoms with van der Waals surface area (Å²) in [7, 11) is 0. The highest BCUT2D eigenvalue weighted by molar-refractivity contribution is 5.94. The van der Waals surface area contributed by atoms with Crippen molar-refractivity contribution in [1.29, 1.82) is 0 Å². The molecular weight excluding hydrogens is 278 g/mol. The van der Waals surface area contributed by atoms with Crippen LogP contribution in [0, 0.1) is 0 Å². The molecule has 2 aromatic heterocycles. The van der Waals surface area contributed by atoms with Crippen molar-refractivity contribution in [2.75, 3.05) is 12.3 Å². The van der Waals surface area contributed by atoms with Crippen LogP contribution in [0.3, 0.4) is 0 Å². The topological polar surface area (TPSA) is 85.3 Å². The number of rotatable bonds is 5. The third kappa shape index (κ3) is 2.59. The molecule has 3 rings (SSSR count). The van der Waals surface area contributed by atoms with Crippen molar-refractivity contribution < 1.29 is 4.79 Å². The molecule has 3 aromatic rings. The largest absolute Gasteiger partial charge is 0.381 e. The van der Waals surface area contributed by atoms with E-state index in [2.05, 4.69) is 22.2 Å². The number of hydrogen-bond acceptors (Lipinski definition) is 4. The lowest BCUT2D eigenvalue weighted by molar-refractivity contribution is 0.0947. The van der Waals surface area contributed by atoms with Crippen LogP contribution in [-0.2, 0) is 0 Å². The van der Waals surface area contributed by atoms with Crippen LogP contribution in [0.1, 0.15) is 36.7 Å². The van der Waals surface area contributed by atoms with Gasteiger partial charge in [0.1, 0.15) is 5.69 Å². The summed E-state index contributed by atoms with van der Waals surface area (Å²) in [6.07, 6.45) is 4.87. The molecule has 0 spiro atoms. The van der Waals surface area contributed by atoms with Crippen LogP contribution >= 0.6 is 0 Å². The third-order valence-electron chi connectivity index (χ3n) is 3.62. The van der Waals surface area contributed by atoms with Gasteiger partial charge in [-0.2, -0.15) is 0 Å². The number of amides is 1. The monoisotopic (exact) mass is 297 g/mol. The van der Waals surface area contributed by atoms with E-state index >= 15 is 0 Å². The standard InChI is InChI=1S/C16H19N5O/c1-2-3-6-9-18-16(22)12-10-21-13-8-5-4-7-11(13)20-15(21)14(17)19-12/h4-5,7-8,10H,2-3,6,9H2,1H3,(H2,17,19)(H,18,22). The number of carbonyl (C=O) groups is 1. The van der Waals surface area contributed by atoms with Crippen molar-refractivity contribution in [2.45, 2.75) is 26.2 Å². The molecule has 2 heterocycles. The SMILES string of the molecule is CCCCCNC(=O)c1cn2c(nc3ccccc32)c(N)n1. The first-order valence-electron chi connectivity index (χ1n) is 7.52. The number of nitrogens with two attached hydrogens (primary N) is 1. The fraction of sp³-hybridized carbons (Fsp3) is 0.312. The number of unbranched alkanes of at least 4 members (excludes halogenated alkanes) is 2. The minimum atomic E-state index is -0.206. The minimum Gasteiger partial charge on any atom is -0.381 e. The molecule has 0 saturated carbocycles. The molecule has 0 fully saturated rings. The van der Waals surface area contributed by atoms with Crippen LogP contribution < -0.4 is 11.1 Å². The van der Waals surface area contributed by atoms with Crippen molar-refractivity contribution >= 4 is 28.4 Å². The lowest BCUT2D eigenvalue weighted by atomic mass is 10.2. The molecule has 1 amide bonds. The van der Waals surface area contributed by atoms with Gasteiger partial charge in [-0.05, 0) is 18.6 Å². The second kappa shape index (κ2) is 6.01. The van der Waals surface area contributed by atoms with Crippen molar-refractivity contribution in [2.24, 2.45) is 0 Å². The van der Waals surface area contributed by atoms with Crippen LogP contribution in [0.15, 0.2) is 30.5 Å². The lowest BCUT2D eigenvalue weighted by Gasteiger charge is -2.06. The smallest absolute Gasteiger partial charge is 0.271 e. The highest BCUT2D eigenvalue weighted by atomic mass is 16.1. The average Bonchev–Trinajstić information content (AvgIpc) is 2.91. The number of nitrogen functional groups attached to an aromatic ring is 1. The molecule has 0 aliphatic rings. The predicted octanol–water partition coefficient (Wildman–Crippen LogP) is 2.38. The second-order valence-electron chi connectivity index (χ2n) is 5.27. The van der Waals surface area contributed by atoms with Crippen molar-refractivity contribution in [3.8, 4) is 0 Å². The average molecular weight is 297 g/mol. The molecule has 0 radical (unpaired) electrons. The Morgan fingerprint density at radius 3 is 2.91 bits per heavy atom. The predicted molar refractivity (Wildman–Crippen MR) is 86.8 cm³/mol. The summed E-state index contributed by atoms with van der Waals surface area (Å²) in [5.41, 5.74) is 8.58. The number of imidazole rings is 1. The fourth-order valence-corrected chi connectivity index (χ4v) is 2.46. The number of hydrogen-bond donors (Lipinski definition) is 2. The van der Waals surface area contributed by atoms with Gasteiger partial charge in [-0.15, -0.1) is 0 Å². The van der Waals surface area contributed by atoms with Gasteiger partial charge in [0.2, 0.25) is 0 Å². The van der Waals surface area contributed by atoms with Crippen LogP contribution in [0.2, 0.25) is 0 Å². The van der Waals surface area contributed by atoms with Gasteiger partial charge in [0.05, 0.1) is 11.0 Å². The Labute approximate surface area is 128 Å². The molecule has 6 nitrogen and oxygen atoms in total. The Bertz CT molecular complexity index is 824. The van der Waals surface area contributed by atoms with E-state index in [1.165, 1.54) is 0 Å². The molecule has 0 atom stereocenters. The first kappa shape index (κ1) is 14.3. The van der Waals surface area contributed by atoms with Gasteiger partial charge in [-0.3, -0.25) is 9.20 Å². The van der Waals surface area contributed by atoms with E-state index in [1.807, 2.05) is 28.7 Å². The summed E-state index contributed by atoms with van der Waals surface area (Å²) in [4.78, 5) is 20.8. The van der Waals surface area contributed by atoms with Gasteiger partial charge < -0.3 is 11.1 Å². The summed E-state index contributed by atoms with van der Waals surface area (Å²) < 4.78 is 1.82. The molecule has 3 N–H and O–H groups in total. The Morgan fingerprint density at radius 2 is 2.09 bits per heavy atom. The molecule has 0 unspecified atom stereocenters. The zero-order valence-electron chi connectivity index (χ0n) is 12.5. The molecule has 0 aliphatic carbocycles. The fourth-order valence-electron chi connectivity index (χ4n) is 2.46. The number of para-hydroxylation sites is 2. The Morgan fingerprint density at radius 1 is 1.27 bits per heavy atom. The van der Waals surface area contributed by atoms with E-state index < -0.39 is 0 Å². The quantitative estimate of drug-likeness (QED) is 0.708. The summed E-state index contributed by atoms with van der Waals surface area (Å²) in [5, 5.41) is 2.88. The molecule has 0 aliphatic heterocycles. The zero-order chi connectivity index (χ0) is 15.5. The van der Waals surface area contributed by atoms with Gasteiger partial charge in [0.25, 0.3) is 5.91 Å². The molecule has 0 saturated heterocycles. The number of nitrogens with zero attached hydrogens (tertiary/aromatic N) is 3. The summed E-state index contributed by atoms with van der Waals surface area (Å²) in [6.45, 7) is 2.78. The number of nitrogens with one attached hydrogen (secondary N) is 1. The number of anilines is 1. The van der Waals surface area contributed by atoms with Crippen LogP contribution in [0.25, 0.3) is 16.7 Å². The maximum absolute atomic E-state index is 12.2. The molecular formula is C16H19N5O. The van der Waals surface area contributed by atoms with Crippen molar-refractivity contribution in [1.82, 2.24) is 19.7 Å².